The van der Waals surface area contributed by atoms with Crippen LogP contribution < -0.4 is 21.8 Å². The van der Waals surface area contributed by atoms with Crippen molar-refractivity contribution >= 4 is 40.7 Å². The van der Waals surface area contributed by atoms with Gasteiger partial charge in [0.2, 0.25) is 11.3 Å². The summed E-state index contributed by atoms with van der Waals surface area (Å²) in [6, 6.07) is 9.45. The molecule has 0 bridgehead atoms. The summed E-state index contributed by atoms with van der Waals surface area (Å²) in [6.07, 6.45) is 7.30. The number of allylic oxidation sites excluding steroid dienone is 1. The maximum Gasteiger partial charge on any atom is 0.261 e. The molecule has 0 saturated carbocycles. The number of nitrogens with one attached hydrogen (secondary N) is 3. The first-order valence-corrected chi connectivity index (χ1v) is 15.9. The van der Waals surface area contributed by atoms with Crippen molar-refractivity contribution < 1.29 is 9.59 Å². The molecule has 12 heteroatoms. The normalized spacial score (nSPS) is 14.2. The van der Waals surface area contributed by atoms with Gasteiger partial charge in [-0.2, -0.15) is 5.10 Å². The molecule has 1 aliphatic heterocycles. The molecule has 1 aromatic carbocycles. The molecular weight excluding hydrogens is 594 g/mol. The molecule has 0 unspecified atom stereocenters. The summed E-state index contributed by atoms with van der Waals surface area (Å²) >= 11 is 0. The lowest BCUT2D eigenvalue weighted by molar-refractivity contribution is -0.135. The van der Waals surface area contributed by atoms with E-state index < -0.39 is 11.3 Å². The van der Waals surface area contributed by atoms with Crippen molar-refractivity contribution in [2.75, 3.05) is 31.2 Å². The highest BCUT2D eigenvalue weighted by Crippen LogP contribution is 2.37. The number of anilines is 2. The van der Waals surface area contributed by atoms with Crippen LogP contribution in [0.25, 0.3) is 22.3 Å². The number of nitrogen functional groups attached to an aromatic ring is 1. The molecule has 4 aromatic rings. The summed E-state index contributed by atoms with van der Waals surface area (Å²) in [6.45, 7) is 11.0. The van der Waals surface area contributed by atoms with E-state index in [9.17, 15) is 14.4 Å². The molecule has 3 aromatic heterocycles. The summed E-state index contributed by atoms with van der Waals surface area (Å²) in [5.74, 6) is 0.188. The van der Waals surface area contributed by atoms with E-state index in [0.29, 0.717) is 47.1 Å². The molecule has 1 aliphatic rings. The zero-order chi connectivity index (χ0) is 34.0. The van der Waals surface area contributed by atoms with E-state index in [1.165, 1.54) is 12.4 Å². The average molecular weight is 638 g/mol. The van der Waals surface area contributed by atoms with E-state index in [1.54, 1.807) is 25.4 Å². The molecule has 0 aliphatic carbocycles. The monoisotopic (exact) mass is 637 g/mol. The predicted molar refractivity (Wildman–Crippen MR) is 186 cm³/mol. The molecule has 5 N–H and O–H groups in total. The van der Waals surface area contributed by atoms with Gasteiger partial charge in [0.15, 0.2) is 5.82 Å². The lowest BCUT2D eigenvalue weighted by Gasteiger charge is -2.33. The largest absolute Gasteiger partial charge is 0.387 e. The first-order chi connectivity index (χ1) is 22.5. The van der Waals surface area contributed by atoms with E-state index in [-0.39, 0.29) is 29.3 Å². The molecule has 0 spiro atoms. The SMILES string of the molecule is CN/C(=C\C=N)c1c(C)n(C(C)C)cc(C(=O)Nc2ccc(-c3cc(C4CCN(C(=O)C(C)C)CC4)n4ncnc(N)c34)cc2)c1=O. The van der Waals surface area contributed by atoms with E-state index in [1.807, 2.05) is 60.7 Å². The van der Waals surface area contributed by atoms with Gasteiger partial charge in [-0.05, 0) is 63.5 Å². The van der Waals surface area contributed by atoms with Crippen LogP contribution in [0.2, 0.25) is 0 Å². The molecule has 5 rings (SSSR count). The highest BCUT2D eigenvalue weighted by Gasteiger charge is 2.29. The maximum atomic E-state index is 13.6. The van der Waals surface area contributed by atoms with Crippen LogP contribution >= 0.6 is 0 Å². The van der Waals surface area contributed by atoms with Gasteiger partial charge >= 0.3 is 0 Å². The van der Waals surface area contributed by atoms with Crippen molar-refractivity contribution in [1.29, 1.82) is 5.41 Å². The Morgan fingerprint density at radius 2 is 1.79 bits per heavy atom. The molecule has 0 radical (unpaired) electrons. The van der Waals surface area contributed by atoms with E-state index >= 15 is 0 Å². The minimum Gasteiger partial charge on any atom is -0.387 e. The third-order valence-electron chi connectivity index (χ3n) is 8.86. The van der Waals surface area contributed by atoms with Gasteiger partial charge in [0.1, 0.15) is 17.4 Å². The average Bonchev–Trinajstić information content (AvgIpc) is 3.45. The topological polar surface area (TPSA) is 164 Å². The number of likely N-dealkylation sites (tertiary alicyclic amines) is 1. The number of benzene rings is 1. The minimum absolute atomic E-state index is 0.00337. The zero-order valence-corrected chi connectivity index (χ0v) is 27.8. The van der Waals surface area contributed by atoms with Crippen molar-refractivity contribution in [3.8, 4) is 11.1 Å². The molecular formula is C35H43N9O3. The number of piperidine rings is 1. The molecule has 4 heterocycles. The van der Waals surface area contributed by atoms with Crippen molar-refractivity contribution in [3.63, 3.8) is 0 Å². The second-order valence-corrected chi connectivity index (χ2v) is 12.5. The second-order valence-electron chi connectivity index (χ2n) is 12.5. The maximum absolute atomic E-state index is 13.6. The number of nitrogens with two attached hydrogens (primary N) is 1. The van der Waals surface area contributed by atoms with Gasteiger partial charge in [0.25, 0.3) is 5.91 Å². The Morgan fingerprint density at radius 3 is 2.38 bits per heavy atom. The molecule has 12 nitrogen and oxygen atoms in total. The van der Waals surface area contributed by atoms with Crippen LogP contribution in [0, 0.1) is 18.3 Å². The van der Waals surface area contributed by atoms with E-state index in [4.69, 9.17) is 11.1 Å². The number of rotatable bonds is 9. The fraction of sp³-hybridized carbons (Fsp3) is 0.371. The molecule has 0 atom stereocenters. The number of hydrogen-bond acceptors (Lipinski definition) is 8. The Labute approximate surface area is 274 Å². The standard InChI is InChI=1S/C35H43N9O3/c1-20(2)35(47)42-15-12-24(13-16-42)29-17-26(31-33(37)39-19-40-44(29)31)23-7-9-25(10-8-23)41-34(46)27-18-43(21(3)4)22(5)30(32(27)45)28(38-6)11-14-36/h7-11,14,17-21,24,36,38H,12-13,15-16H2,1-6H3,(H,41,46)(H2,37,39,40)/b28-11-,36-14?. The Morgan fingerprint density at radius 1 is 1.11 bits per heavy atom. The van der Waals surface area contributed by atoms with Gasteiger partial charge in [0, 0.05) is 78.8 Å². The number of nitrogens with zero attached hydrogens (tertiary/aromatic N) is 5. The lowest BCUT2D eigenvalue weighted by Crippen LogP contribution is -2.40. The first kappa shape index (κ1) is 33.1. The number of hydrogen-bond donors (Lipinski definition) is 4. The van der Waals surface area contributed by atoms with Crippen molar-refractivity contribution in [3.05, 3.63) is 81.7 Å². The van der Waals surface area contributed by atoms with Crippen LogP contribution in [0.1, 0.15) is 79.8 Å². The smallest absolute Gasteiger partial charge is 0.261 e. The zero-order valence-electron chi connectivity index (χ0n) is 27.8. The summed E-state index contributed by atoms with van der Waals surface area (Å²) in [5, 5.41) is 17.9. The van der Waals surface area contributed by atoms with Crippen molar-refractivity contribution in [1.82, 2.24) is 29.4 Å². The Hall–Kier alpha value is -5.26. The van der Waals surface area contributed by atoms with Crippen LogP contribution in [0.3, 0.4) is 0 Å². The molecule has 47 heavy (non-hydrogen) atoms. The third-order valence-corrected chi connectivity index (χ3v) is 8.86. The highest BCUT2D eigenvalue weighted by molar-refractivity contribution is 6.05. The Balaban J connectivity index is 1.44. The van der Waals surface area contributed by atoms with Crippen molar-refractivity contribution in [2.45, 2.75) is 59.4 Å². The van der Waals surface area contributed by atoms with Crippen LogP contribution in [-0.2, 0) is 4.79 Å². The molecule has 2 amide bonds. The first-order valence-electron chi connectivity index (χ1n) is 15.9. The van der Waals surface area contributed by atoms with E-state index in [2.05, 4.69) is 26.8 Å². The van der Waals surface area contributed by atoms with E-state index in [0.717, 1.165) is 35.9 Å². The van der Waals surface area contributed by atoms with Gasteiger partial charge in [-0.25, -0.2) is 9.50 Å². The predicted octanol–water partition coefficient (Wildman–Crippen LogP) is 4.85. The summed E-state index contributed by atoms with van der Waals surface area (Å²) in [5.41, 5.74) is 11.5. The number of aromatic nitrogens is 4. The second kappa shape index (κ2) is 13.6. The molecule has 1 saturated heterocycles. The Bertz CT molecular complexity index is 1910. The van der Waals surface area contributed by atoms with Gasteiger partial charge in [-0.15, -0.1) is 0 Å². The fourth-order valence-electron chi connectivity index (χ4n) is 6.41. The summed E-state index contributed by atoms with van der Waals surface area (Å²) in [4.78, 5) is 45.9. The van der Waals surface area contributed by atoms with Gasteiger partial charge < -0.3 is 31.2 Å². The number of amides is 2. The van der Waals surface area contributed by atoms with Crippen molar-refractivity contribution in [2.24, 2.45) is 5.92 Å². The Kier molecular flexibility index (Phi) is 9.59. The summed E-state index contributed by atoms with van der Waals surface area (Å²) in [7, 11) is 1.68. The quantitative estimate of drug-likeness (QED) is 0.191. The van der Waals surface area contributed by atoms with Gasteiger partial charge in [-0.1, -0.05) is 26.0 Å². The van der Waals surface area contributed by atoms with Gasteiger partial charge in [-0.3, -0.25) is 14.4 Å². The summed E-state index contributed by atoms with van der Waals surface area (Å²) < 4.78 is 3.75. The number of pyridine rings is 1. The molecule has 246 valence electrons. The number of carbonyl (C=O) groups is 2. The third kappa shape index (κ3) is 6.40. The van der Waals surface area contributed by atoms with Gasteiger partial charge in [0.05, 0.1) is 5.56 Å². The number of carbonyl (C=O) groups excluding carboxylic acids is 2. The van der Waals surface area contributed by atoms with Crippen LogP contribution in [0.15, 0.2) is 53.7 Å². The molecule has 1 fully saturated rings. The van der Waals surface area contributed by atoms with Crippen LogP contribution in [-0.4, -0.2) is 62.2 Å². The lowest BCUT2D eigenvalue weighted by atomic mass is 9.92. The van der Waals surface area contributed by atoms with Crippen LogP contribution in [0.4, 0.5) is 11.5 Å². The number of fused-ring (bicyclic) bond motifs is 1. The minimum atomic E-state index is -0.528. The fourth-order valence-corrected chi connectivity index (χ4v) is 6.41. The van der Waals surface area contributed by atoms with Crippen LogP contribution in [0.5, 0.6) is 0 Å². The highest BCUT2D eigenvalue weighted by atomic mass is 16.2.